The molecule has 0 bridgehead atoms. The molecule has 3 aromatic rings. The van der Waals surface area contributed by atoms with Gasteiger partial charge in [0.2, 0.25) is 5.88 Å². The molecule has 0 saturated heterocycles. The van der Waals surface area contributed by atoms with E-state index >= 15 is 0 Å². The number of esters is 1. The first-order valence-electron chi connectivity index (χ1n) is 11.5. The van der Waals surface area contributed by atoms with E-state index in [0.717, 1.165) is 22.2 Å². The van der Waals surface area contributed by atoms with Crippen LogP contribution in [0, 0.1) is 5.82 Å². The van der Waals surface area contributed by atoms with E-state index in [0.29, 0.717) is 10.0 Å². The zero-order chi connectivity index (χ0) is 28.1. The van der Waals surface area contributed by atoms with Crippen LogP contribution in [0.3, 0.4) is 0 Å². The standard InChI is InChI=1S/C24H27BrFN5O6S/c1-6-35-16(32)11-31-13-27-18(17(25)20(31)33)36-12-24(5,28-22(34)37-23(2,3)4)21-30-29-19(38-21)14-9-7-8-10-15(14)26/h7-10,13H,6,11-12H2,1-5H3,(H,28,34)/t24-/m0/s1. The van der Waals surface area contributed by atoms with Crippen LogP contribution >= 0.6 is 27.3 Å². The SMILES string of the molecule is CCOC(=O)Cn1cnc(OC[C@](C)(NC(=O)OC(C)(C)C)c2nnc(-c3ccccc3F)s2)c(Br)c1=O. The molecular weight excluding hydrogens is 585 g/mol. The third-order valence-corrected chi connectivity index (χ3v) is 6.73. The van der Waals surface area contributed by atoms with E-state index in [4.69, 9.17) is 14.2 Å². The van der Waals surface area contributed by atoms with Crippen molar-refractivity contribution in [1.82, 2.24) is 25.1 Å². The molecule has 1 atom stereocenters. The van der Waals surface area contributed by atoms with Gasteiger partial charge < -0.3 is 19.5 Å². The predicted molar refractivity (Wildman–Crippen MR) is 140 cm³/mol. The third kappa shape index (κ3) is 7.34. The minimum absolute atomic E-state index is 0.0341. The highest BCUT2D eigenvalue weighted by Crippen LogP contribution is 2.32. The minimum Gasteiger partial charge on any atom is -0.474 e. The fourth-order valence-electron chi connectivity index (χ4n) is 3.09. The van der Waals surface area contributed by atoms with E-state index in [2.05, 4.69) is 36.4 Å². The second kappa shape index (κ2) is 12.0. The fraction of sp³-hybridized carbons (Fsp3) is 0.417. The van der Waals surface area contributed by atoms with Crippen LogP contribution in [0.1, 0.15) is 39.6 Å². The summed E-state index contributed by atoms with van der Waals surface area (Å²) >= 11 is 4.23. The first kappa shape index (κ1) is 29.2. The zero-order valence-electron chi connectivity index (χ0n) is 21.4. The molecule has 0 aliphatic carbocycles. The number of halogens is 2. The molecule has 0 unspecified atom stereocenters. The number of carbonyl (C=O) groups excluding carboxylic acids is 2. The topological polar surface area (TPSA) is 135 Å². The van der Waals surface area contributed by atoms with Gasteiger partial charge in [0.15, 0.2) is 5.01 Å². The lowest BCUT2D eigenvalue weighted by atomic mass is 10.1. The maximum Gasteiger partial charge on any atom is 0.408 e. The summed E-state index contributed by atoms with van der Waals surface area (Å²) in [6.45, 7) is 8.04. The Kier molecular flexibility index (Phi) is 9.20. The van der Waals surface area contributed by atoms with Crippen LogP contribution in [0.5, 0.6) is 5.88 Å². The molecule has 0 aliphatic heterocycles. The summed E-state index contributed by atoms with van der Waals surface area (Å²) in [5.41, 5.74) is -2.40. The lowest BCUT2D eigenvalue weighted by Crippen LogP contribution is -2.49. The molecule has 204 valence electrons. The summed E-state index contributed by atoms with van der Waals surface area (Å²) < 4.78 is 31.5. The number of aromatic nitrogens is 4. The molecule has 0 fully saturated rings. The number of nitrogens with zero attached hydrogens (tertiary/aromatic N) is 4. The van der Waals surface area contributed by atoms with Gasteiger partial charge in [-0.1, -0.05) is 23.5 Å². The molecule has 1 amide bonds. The smallest absolute Gasteiger partial charge is 0.408 e. The molecule has 0 spiro atoms. The molecule has 0 saturated carbocycles. The number of alkyl carbamates (subject to hydrolysis) is 1. The van der Waals surface area contributed by atoms with Crippen LogP contribution in [0.15, 0.2) is 39.9 Å². The lowest BCUT2D eigenvalue weighted by Gasteiger charge is -2.29. The van der Waals surface area contributed by atoms with E-state index in [-0.39, 0.29) is 35.7 Å². The van der Waals surface area contributed by atoms with Crippen LogP contribution in [-0.4, -0.2) is 50.6 Å². The highest BCUT2D eigenvalue weighted by Gasteiger charge is 2.36. The fourth-order valence-corrected chi connectivity index (χ4v) is 4.49. The van der Waals surface area contributed by atoms with Crippen molar-refractivity contribution in [3.05, 3.63) is 56.2 Å². The van der Waals surface area contributed by atoms with Gasteiger partial charge in [0.1, 0.15) is 45.9 Å². The largest absolute Gasteiger partial charge is 0.474 e. The molecule has 0 radical (unpaired) electrons. The van der Waals surface area contributed by atoms with Gasteiger partial charge in [0, 0.05) is 5.56 Å². The van der Waals surface area contributed by atoms with Crippen molar-refractivity contribution in [2.45, 2.75) is 52.3 Å². The van der Waals surface area contributed by atoms with Crippen molar-refractivity contribution in [1.29, 1.82) is 0 Å². The summed E-state index contributed by atoms with van der Waals surface area (Å²) in [5.74, 6) is -1.14. The molecule has 0 aliphatic rings. The van der Waals surface area contributed by atoms with Crippen molar-refractivity contribution in [3.8, 4) is 16.5 Å². The van der Waals surface area contributed by atoms with Gasteiger partial charge in [0.25, 0.3) is 5.56 Å². The molecule has 38 heavy (non-hydrogen) atoms. The maximum absolute atomic E-state index is 14.3. The van der Waals surface area contributed by atoms with Crippen LogP contribution in [0.4, 0.5) is 9.18 Å². The average molecular weight is 612 g/mol. The summed E-state index contributed by atoms with van der Waals surface area (Å²) in [6.07, 6.45) is 0.405. The Morgan fingerprint density at radius 1 is 1.18 bits per heavy atom. The molecule has 11 nitrogen and oxygen atoms in total. The summed E-state index contributed by atoms with van der Waals surface area (Å²) in [5, 5.41) is 11.6. The second-order valence-corrected chi connectivity index (χ2v) is 11.0. The monoisotopic (exact) mass is 611 g/mol. The molecule has 2 heterocycles. The Bertz CT molecular complexity index is 1370. The number of nitrogens with one attached hydrogen (secondary N) is 1. The number of rotatable bonds is 9. The normalized spacial score (nSPS) is 12.9. The van der Waals surface area contributed by atoms with E-state index < -0.39 is 34.6 Å². The van der Waals surface area contributed by atoms with Crippen LogP contribution in [-0.2, 0) is 26.4 Å². The van der Waals surface area contributed by atoms with Gasteiger partial charge in [-0.05, 0) is 62.7 Å². The van der Waals surface area contributed by atoms with Gasteiger partial charge in [-0.3, -0.25) is 14.2 Å². The van der Waals surface area contributed by atoms with Gasteiger partial charge in [-0.2, -0.15) is 0 Å². The minimum atomic E-state index is -1.32. The quantitative estimate of drug-likeness (QED) is 0.355. The molecular formula is C24H27BrFN5O6S. The van der Waals surface area contributed by atoms with E-state index in [1.165, 1.54) is 6.07 Å². The van der Waals surface area contributed by atoms with Crippen molar-refractivity contribution >= 4 is 39.3 Å². The van der Waals surface area contributed by atoms with Gasteiger partial charge in [-0.25, -0.2) is 14.2 Å². The Morgan fingerprint density at radius 3 is 2.55 bits per heavy atom. The number of carbonyl (C=O) groups is 2. The predicted octanol–water partition coefficient (Wildman–Crippen LogP) is 4.05. The number of hydrogen-bond acceptors (Lipinski definition) is 10. The van der Waals surface area contributed by atoms with E-state index in [9.17, 15) is 18.8 Å². The van der Waals surface area contributed by atoms with Gasteiger partial charge in [0.05, 0.1) is 6.61 Å². The molecule has 14 heteroatoms. The Morgan fingerprint density at radius 2 is 1.89 bits per heavy atom. The summed E-state index contributed by atoms with van der Waals surface area (Å²) in [6, 6.07) is 6.12. The van der Waals surface area contributed by atoms with Crippen molar-refractivity contribution in [2.24, 2.45) is 0 Å². The molecule has 3 rings (SSSR count). The molecule has 1 N–H and O–H groups in total. The lowest BCUT2D eigenvalue weighted by molar-refractivity contribution is -0.143. The van der Waals surface area contributed by atoms with Crippen LogP contribution in [0.2, 0.25) is 0 Å². The Labute approximate surface area is 230 Å². The summed E-state index contributed by atoms with van der Waals surface area (Å²) in [7, 11) is 0. The third-order valence-electron chi connectivity index (χ3n) is 4.83. The zero-order valence-corrected chi connectivity index (χ0v) is 23.8. The van der Waals surface area contributed by atoms with Crippen molar-refractivity contribution < 1.29 is 28.2 Å². The number of hydrogen-bond donors (Lipinski definition) is 1. The van der Waals surface area contributed by atoms with Crippen LogP contribution < -0.4 is 15.6 Å². The van der Waals surface area contributed by atoms with E-state index in [1.807, 2.05) is 0 Å². The van der Waals surface area contributed by atoms with Crippen LogP contribution in [0.25, 0.3) is 10.6 Å². The highest BCUT2D eigenvalue weighted by atomic mass is 79.9. The molecule has 1 aromatic carbocycles. The molecule has 2 aromatic heterocycles. The number of ether oxygens (including phenoxy) is 3. The summed E-state index contributed by atoms with van der Waals surface area (Å²) in [4.78, 5) is 41.3. The van der Waals surface area contributed by atoms with Crippen molar-refractivity contribution in [3.63, 3.8) is 0 Å². The number of benzene rings is 1. The van der Waals surface area contributed by atoms with Gasteiger partial charge in [-0.15, -0.1) is 10.2 Å². The first-order chi connectivity index (χ1) is 17.8. The van der Waals surface area contributed by atoms with Crippen molar-refractivity contribution in [2.75, 3.05) is 13.2 Å². The van der Waals surface area contributed by atoms with E-state index in [1.54, 1.807) is 52.8 Å². The number of amides is 1. The highest BCUT2D eigenvalue weighted by molar-refractivity contribution is 9.10. The Hall–Kier alpha value is -3.39. The Balaban J connectivity index is 1.90. The average Bonchev–Trinajstić information content (AvgIpc) is 3.32. The second-order valence-electron chi connectivity index (χ2n) is 9.24. The first-order valence-corrected chi connectivity index (χ1v) is 13.1. The maximum atomic E-state index is 14.3. The van der Waals surface area contributed by atoms with Gasteiger partial charge >= 0.3 is 12.1 Å².